The van der Waals surface area contributed by atoms with Crippen LogP contribution in [-0.4, -0.2) is 82.1 Å². The molecule has 3 aromatic rings. The fraction of sp³-hybridized carbons (Fsp3) is 0.500. The maximum atomic E-state index is 11.2. The average Bonchev–Trinajstić information content (AvgIpc) is 3.23. The summed E-state index contributed by atoms with van der Waals surface area (Å²) in [5.74, 6) is 0.850. The van der Waals surface area contributed by atoms with Gasteiger partial charge in [0.2, 0.25) is 5.82 Å². The maximum absolute atomic E-state index is 11.2. The molecule has 1 fully saturated rings. The Labute approximate surface area is 206 Å². The molecule has 0 spiro atoms. The van der Waals surface area contributed by atoms with Crippen molar-refractivity contribution in [1.82, 2.24) is 24.4 Å². The first-order valence-electron chi connectivity index (χ1n) is 11.3. The second-order valence-electron chi connectivity index (χ2n) is 7.39. The number of anilines is 2. The zero-order valence-electron chi connectivity index (χ0n) is 20.1. The van der Waals surface area contributed by atoms with Gasteiger partial charge in [0, 0.05) is 44.3 Å². The van der Waals surface area contributed by atoms with E-state index in [0.29, 0.717) is 40.6 Å². The van der Waals surface area contributed by atoms with Crippen LogP contribution in [0.25, 0.3) is 10.9 Å². The van der Waals surface area contributed by atoms with Gasteiger partial charge in [0.15, 0.2) is 17.3 Å². The largest absolute Gasteiger partial charge is 0.493 e. The molecule has 4 rings (SSSR count). The molecule has 11 heteroatoms. The molecule has 1 saturated heterocycles. The van der Waals surface area contributed by atoms with Crippen molar-refractivity contribution in [2.24, 2.45) is 7.05 Å². The van der Waals surface area contributed by atoms with Crippen LogP contribution in [0.3, 0.4) is 0 Å². The van der Waals surface area contributed by atoms with E-state index in [-0.39, 0.29) is 13.3 Å². The van der Waals surface area contributed by atoms with Crippen molar-refractivity contribution in [3.8, 4) is 11.5 Å². The van der Waals surface area contributed by atoms with Crippen LogP contribution in [0.2, 0.25) is 0 Å². The van der Waals surface area contributed by atoms with E-state index in [0.717, 1.165) is 39.3 Å². The molecule has 0 radical (unpaired) electrons. The van der Waals surface area contributed by atoms with Gasteiger partial charge in [0.1, 0.15) is 12.1 Å². The van der Waals surface area contributed by atoms with E-state index >= 15 is 0 Å². The topological polar surface area (TPSA) is 124 Å². The Balaban J connectivity index is 0.00000140. The van der Waals surface area contributed by atoms with E-state index in [1.54, 1.807) is 26.4 Å². The SMILES string of the molecule is C.CC.COc1cc2c(Nc3cn(C)c(C(=O)O)n3)ncnc2cc1OCCCN1CCOCC1. The van der Waals surface area contributed by atoms with Crippen LogP contribution in [-0.2, 0) is 11.8 Å². The fourth-order valence-corrected chi connectivity index (χ4v) is 3.58. The molecule has 11 nitrogen and oxygen atoms in total. The zero-order valence-corrected chi connectivity index (χ0v) is 20.1. The standard InChI is InChI=1S/C21H26N6O5.C2H6.CH4/c1-26-12-18(25-20(26)21(28)29)24-19-14-10-16(30-2)17(11-15(14)22-13-23-19)32-7-3-4-27-5-8-31-9-6-27;1-2;/h10-13H,3-9H2,1-2H3,(H,28,29)(H,22,23,24);1-2H3;1H4. The van der Waals surface area contributed by atoms with Crippen LogP contribution in [0.15, 0.2) is 24.7 Å². The molecule has 3 heterocycles. The normalized spacial score (nSPS) is 13.4. The molecule has 2 aromatic heterocycles. The number of carbonyl (C=O) groups is 1. The molecule has 0 bridgehead atoms. The number of methoxy groups -OCH3 is 1. The molecule has 0 amide bonds. The Hall–Kier alpha value is -3.44. The number of rotatable bonds is 9. The van der Waals surface area contributed by atoms with Gasteiger partial charge in [-0.2, -0.15) is 0 Å². The van der Waals surface area contributed by atoms with E-state index in [1.807, 2.05) is 19.9 Å². The van der Waals surface area contributed by atoms with Crippen molar-refractivity contribution in [1.29, 1.82) is 0 Å². The molecule has 0 saturated carbocycles. The number of nitrogens with zero attached hydrogens (tertiary/aromatic N) is 5. The smallest absolute Gasteiger partial charge is 0.372 e. The van der Waals surface area contributed by atoms with Crippen LogP contribution < -0.4 is 14.8 Å². The van der Waals surface area contributed by atoms with Crippen LogP contribution in [0.5, 0.6) is 11.5 Å². The Morgan fingerprint density at radius 3 is 2.60 bits per heavy atom. The number of aromatic carboxylic acids is 1. The number of benzene rings is 1. The van der Waals surface area contributed by atoms with E-state index < -0.39 is 5.97 Å². The molecular weight excluding hydrogens is 452 g/mol. The minimum atomic E-state index is -1.11. The summed E-state index contributed by atoms with van der Waals surface area (Å²) >= 11 is 0. The Morgan fingerprint density at radius 1 is 1.20 bits per heavy atom. The number of aromatic nitrogens is 4. The van der Waals surface area contributed by atoms with Crippen LogP contribution in [0.4, 0.5) is 11.6 Å². The number of carboxylic acid groups (broad SMARTS) is 1. The molecule has 0 unspecified atom stereocenters. The van der Waals surface area contributed by atoms with Crippen LogP contribution >= 0.6 is 0 Å². The lowest BCUT2D eigenvalue weighted by Crippen LogP contribution is -2.37. The summed E-state index contributed by atoms with van der Waals surface area (Å²) in [5, 5.41) is 13.0. The first kappa shape index (κ1) is 27.8. The van der Waals surface area contributed by atoms with Crippen molar-refractivity contribution < 1.29 is 24.1 Å². The first-order valence-corrected chi connectivity index (χ1v) is 11.3. The summed E-state index contributed by atoms with van der Waals surface area (Å²) in [6, 6.07) is 3.62. The molecule has 0 atom stereocenters. The van der Waals surface area contributed by atoms with Crippen molar-refractivity contribution in [2.45, 2.75) is 27.7 Å². The van der Waals surface area contributed by atoms with Gasteiger partial charge >= 0.3 is 5.97 Å². The third-order valence-corrected chi connectivity index (χ3v) is 5.21. The molecule has 0 aliphatic carbocycles. The number of morpholine rings is 1. The highest BCUT2D eigenvalue weighted by Crippen LogP contribution is 2.34. The summed E-state index contributed by atoms with van der Waals surface area (Å²) in [4.78, 5) is 26.3. The predicted octanol–water partition coefficient (Wildman–Crippen LogP) is 3.58. The van der Waals surface area contributed by atoms with Gasteiger partial charge in [0.25, 0.3) is 0 Å². The van der Waals surface area contributed by atoms with Gasteiger partial charge in [-0.25, -0.2) is 19.7 Å². The van der Waals surface area contributed by atoms with Crippen LogP contribution in [0.1, 0.15) is 38.3 Å². The van der Waals surface area contributed by atoms with Gasteiger partial charge in [-0.3, -0.25) is 4.90 Å². The summed E-state index contributed by atoms with van der Waals surface area (Å²) < 4.78 is 18.3. The quantitative estimate of drug-likeness (QED) is 0.432. The van der Waals surface area contributed by atoms with Crippen LogP contribution in [0, 0.1) is 0 Å². The number of imidazole rings is 1. The molecule has 2 N–H and O–H groups in total. The van der Waals surface area contributed by atoms with Gasteiger partial charge in [-0.15, -0.1) is 0 Å². The number of nitrogens with one attached hydrogen (secondary N) is 1. The highest BCUT2D eigenvalue weighted by atomic mass is 16.5. The lowest BCUT2D eigenvalue weighted by molar-refractivity contribution is 0.0357. The monoisotopic (exact) mass is 488 g/mol. The van der Waals surface area contributed by atoms with Crippen molar-refractivity contribution >= 4 is 28.5 Å². The minimum Gasteiger partial charge on any atom is -0.493 e. The Bertz CT molecular complexity index is 1100. The number of fused-ring (bicyclic) bond motifs is 1. The molecule has 1 aromatic carbocycles. The van der Waals surface area contributed by atoms with Gasteiger partial charge in [0.05, 0.1) is 32.4 Å². The number of hydrogen-bond acceptors (Lipinski definition) is 9. The number of aryl methyl sites for hydroxylation is 1. The molecule has 192 valence electrons. The third-order valence-electron chi connectivity index (χ3n) is 5.21. The number of carboxylic acids is 1. The summed E-state index contributed by atoms with van der Waals surface area (Å²) in [5.41, 5.74) is 0.667. The lowest BCUT2D eigenvalue weighted by Gasteiger charge is -2.26. The van der Waals surface area contributed by atoms with Gasteiger partial charge in [-0.1, -0.05) is 21.3 Å². The minimum absolute atomic E-state index is 0. The predicted molar refractivity (Wildman–Crippen MR) is 135 cm³/mol. The van der Waals surface area contributed by atoms with E-state index in [9.17, 15) is 9.90 Å². The van der Waals surface area contributed by atoms with E-state index in [4.69, 9.17) is 14.2 Å². The maximum Gasteiger partial charge on any atom is 0.372 e. The second kappa shape index (κ2) is 13.4. The Kier molecular flexibility index (Phi) is 10.7. The average molecular weight is 489 g/mol. The van der Waals surface area contributed by atoms with Crippen molar-refractivity contribution in [3.05, 3.63) is 30.5 Å². The lowest BCUT2D eigenvalue weighted by atomic mass is 10.2. The highest BCUT2D eigenvalue weighted by molar-refractivity contribution is 5.93. The second-order valence-corrected chi connectivity index (χ2v) is 7.39. The summed E-state index contributed by atoms with van der Waals surface area (Å²) in [6.45, 7) is 8.99. The van der Waals surface area contributed by atoms with Gasteiger partial charge in [-0.05, 0) is 12.5 Å². The number of ether oxygens (including phenoxy) is 3. The first-order chi connectivity index (χ1) is 16.5. The number of hydrogen-bond donors (Lipinski definition) is 2. The van der Waals surface area contributed by atoms with Gasteiger partial charge < -0.3 is 29.2 Å². The zero-order chi connectivity index (χ0) is 24.5. The molecule has 1 aliphatic heterocycles. The summed E-state index contributed by atoms with van der Waals surface area (Å²) in [7, 11) is 3.20. The highest BCUT2D eigenvalue weighted by Gasteiger charge is 2.16. The fourth-order valence-electron chi connectivity index (χ4n) is 3.58. The molecule has 35 heavy (non-hydrogen) atoms. The summed E-state index contributed by atoms with van der Waals surface area (Å²) in [6.07, 6.45) is 3.91. The van der Waals surface area contributed by atoms with E-state index in [1.165, 1.54) is 10.9 Å². The molecule has 1 aliphatic rings. The van der Waals surface area contributed by atoms with Crippen molar-refractivity contribution in [2.75, 3.05) is 51.9 Å². The molecular formula is C24H36N6O5. The Morgan fingerprint density at radius 2 is 1.94 bits per heavy atom. The third kappa shape index (κ3) is 7.03. The van der Waals surface area contributed by atoms with E-state index in [2.05, 4.69) is 25.2 Å². The van der Waals surface area contributed by atoms with Crippen molar-refractivity contribution in [3.63, 3.8) is 0 Å².